The monoisotopic (exact) mass is 272 g/mol. The first-order chi connectivity index (χ1) is 9.45. The zero-order chi connectivity index (χ0) is 14.9. The van der Waals surface area contributed by atoms with E-state index in [0.29, 0.717) is 12.8 Å². The molecule has 0 radical (unpaired) electrons. The number of aliphatic hydroxyl groups is 1. The van der Waals surface area contributed by atoms with Crippen LogP contribution >= 0.6 is 0 Å². The van der Waals surface area contributed by atoms with Crippen LogP contribution < -0.4 is 0 Å². The molecule has 1 unspecified atom stereocenters. The number of rotatable bonds is 3. The summed E-state index contributed by atoms with van der Waals surface area (Å²) in [6.07, 6.45) is 0.922. The van der Waals surface area contributed by atoms with Crippen molar-refractivity contribution < 1.29 is 14.7 Å². The normalized spacial score (nSPS) is 19.4. The molecule has 1 aliphatic carbocycles. The summed E-state index contributed by atoms with van der Waals surface area (Å²) < 4.78 is 0. The zero-order valence-electron chi connectivity index (χ0n) is 12.2. The Kier molecular flexibility index (Phi) is 4.07. The van der Waals surface area contributed by atoms with E-state index in [-0.39, 0.29) is 35.2 Å². The topological polar surface area (TPSA) is 54.4 Å². The van der Waals surface area contributed by atoms with Crippen molar-refractivity contribution >= 4 is 11.6 Å². The first kappa shape index (κ1) is 14.5. The Morgan fingerprint density at radius 2 is 2.00 bits per heavy atom. The van der Waals surface area contributed by atoms with Gasteiger partial charge in [-0.2, -0.15) is 0 Å². The molecule has 1 atom stereocenters. The molecule has 20 heavy (non-hydrogen) atoms. The van der Waals surface area contributed by atoms with Gasteiger partial charge in [-0.15, -0.1) is 0 Å². The van der Waals surface area contributed by atoms with E-state index >= 15 is 0 Å². The Labute approximate surface area is 119 Å². The number of Topliss-reactive ketones (excluding diaryl/α,β-unsaturated/α-hetero) is 2. The average molecular weight is 272 g/mol. The van der Waals surface area contributed by atoms with Gasteiger partial charge >= 0.3 is 0 Å². The van der Waals surface area contributed by atoms with Gasteiger partial charge in [0.15, 0.2) is 11.6 Å². The van der Waals surface area contributed by atoms with Gasteiger partial charge in [0.1, 0.15) is 5.76 Å². The number of carbonyl (C=O) groups is 2. The van der Waals surface area contributed by atoms with Crippen LogP contribution in [0.4, 0.5) is 0 Å². The molecule has 1 aliphatic rings. The Balaban J connectivity index is 2.36. The van der Waals surface area contributed by atoms with Crippen LogP contribution in [0.1, 0.15) is 48.8 Å². The van der Waals surface area contributed by atoms with Crippen molar-refractivity contribution in [2.24, 2.45) is 0 Å². The minimum atomic E-state index is -0.257. The Bertz CT molecular complexity index is 596. The van der Waals surface area contributed by atoms with E-state index < -0.39 is 0 Å². The van der Waals surface area contributed by atoms with Crippen LogP contribution in [0.3, 0.4) is 0 Å². The molecule has 1 aromatic carbocycles. The molecule has 1 aromatic rings. The second-order valence-electron chi connectivity index (χ2n) is 5.42. The summed E-state index contributed by atoms with van der Waals surface area (Å²) >= 11 is 0. The van der Waals surface area contributed by atoms with Crippen molar-refractivity contribution in [2.45, 2.75) is 46.0 Å². The lowest BCUT2D eigenvalue weighted by atomic mass is 9.79. The average Bonchev–Trinajstić information content (AvgIpc) is 2.40. The predicted octanol–water partition coefficient (Wildman–Crippen LogP) is 3.54. The van der Waals surface area contributed by atoms with E-state index in [1.165, 1.54) is 5.56 Å². The largest absolute Gasteiger partial charge is 0.511 e. The highest BCUT2D eigenvalue weighted by molar-refractivity contribution is 6.21. The Hall–Kier alpha value is -1.90. The fourth-order valence-electron chi connectivity index (χ4n) is 2.82. The molecule has 2 rings (SSSR count). The van der Waals surface area contributed by atoms with E-state index in [9.17, 15) is 14.7 Å². The number of benzene rings is 1. The van der Waals surface area contributed by atoms with Gasteiger partial charge in [-0.3, -0.25) is 9.59 Å². The molecule has 106 valence electrons. The highest BCUT2D eigenvalue weighted by atomic mass is 16.3. The molecule has 0 fully saturated rings. The number of aliphatic hydroxyl groups excluding tert-OH is 1. The number of carbonyl (C=O) groups excluding carboxylic acids is 2. The Morgan fingerprint density at radius 1 is 1.30 bits per heavy atom. The van der Waals surface area contributed by atoms with Crippen molar-refractivity contribution in [2.75, 3.05) is 0 Å². The van der Waals surface area contributed by atoms with Crippen LogP contribution in [-0.2, 0) is 9.59 Å². The molecule has 0 spiro atoms. The predicted molar refractivity (Wildman–Crippen MR) is 77.9 cm³/mol. The maximum Gasteiger partial charge on any atom is 0.170 e. The summed E-state index contributed by atoms with van der Waals surface area (Å²) in [5, 5.41) is 10.1. The fraction of sp³-hybridized carbons (Fsp3) is 0.412. The van der Waals surface area contributed by atoms with Crippen molar-refractivity contribution in [1.82, 2.24) is 0 Å². The summed E-state index contributed by atoms with van der Waals surface area (Å²) in [4.78, 5) is 23.9. The van der Waals surface area contributed by atoms with E-state index in [4.69, 9.17) is 0 Å². The maximum absolute atomic E-state index is 12.1. The molecule has 3 heteroatoms. The standard InChI is InChI=1S/C17H20O3/c1-4-14(18)17-15(19)8-12(9-16(17)20)13-7-5-6-10(2)11(13)3/h5-7,12,19H,4,8-9H2,1-3H3. The molecule has 0 aromatic heterocycles. The molecule has 3 nitrogen and oxygen atoms in total. The van der Waals surface area contributed by atoms with Gasteiger partial charge in [-0.1, -0.05) is 25.1 Å². The van der Waals surface area contributed by atoms with Gasteiger partial charge in [0.2, 0.25) is 0 Å². The number of aryl methyl sites for hydroxylation is 1. The minimum absolute atomic E-state index is 0.0223. The SMILES string of the molecule is CCC(=O)C1=C(O)CC(c2cccc(C)c2C)CC1=O. The zero-order valence-corrected chi connectivity index (χ0v) is 12.2. The molecule has 0 amide bonds. The smallest absolute Gasteiger partial charge is 0.170 e. The van der Waals surface area contributed by atoms with Crippen LogP contribution in [0.5, 0.6) is 0 Å². The molecule has 0 aliphatic heterocycles. The molecule has 1 N–H and O–H groups in total. The van der Waals surface area contributed by atoms with Crippen LogP contribution in [0.2, 0.25) is 0 Å². The molecule has 0 bridgehead atoms. The summed E-state index contributed by atoms with van der Waals surface area (Å²) in [6.45, 7) is 5.76. The molecule has 0 saturated heterocycles. The third kappa shape index (κ3) is 2.53. The van der Waals surface area contributed by atoms with Gasteiger partial charge in [-0.25, -0.2) is 0 Å². The van der Waals surface area contributed by atoms with E-state index in [2.05, 4.69) is 0 Å². The lowest BCUT2D eigenvalue weighted by Crippen LogP contribution is -2.23. The first-order valence-electron chi connectivity index (χ1n) is 7.00. The van der Waals surface area contributed by atoms with E-state index in [1.54, 1.807) is 6.92 Å². The minimum Gasteiger partial charge on any atom is -0.511 e. The van der Waals surface area contributed by atoms with Crippen molar-refractivity contribution in [3.63, 3.8) is 0 Å². The fourth-order valence-corrected chi connectivity index (χ4v) is 2.82. The van der Waals surface area contributed by atoms with Gasteiger partial charge in [0.05, 0.1) is 5.57 Å². The summed E-state index contributed by atoms with van der Waals surface area (Å²) in [5.74, 6) is -0.562. The van der Waals surface area contributed by atoms with Crippen LogP contribution in [0.15, 0.2) is 29.5 Å². The Morgan fingerprint density at radius 3 is 2.60 bits per heavy atom. The second kappa shape index (κ2) is 5.61. The van der Waals surface area contributed by atoms with Crippen molar-refractivity contribution in [3.05, 3.63) is 46.2 Å². The molecule has 0 heterocycles. The third-order valence-corrected chi connectivity index (χ3v) is 4.13. The van der Waals surface area contributed by atoms with Crippen LogP contribution in [0, 0.1) is 13.8 Å². The first-order valence-corrected chi connectivity index (χ1v) is 7.00. The van der Waals surface area contributed by atoms with E-state index in [1.807, 2.05) is 32.0 Å². The highest BCUT2D eigenvalue weighted by Crippen LogP contribution is 2.36. The number of hydrogen-bond donors (Lipinski definition) is 1. The van der Waals surface area contributed by atoms with Gasteiger partial charge in [0, 0.05) is 19.3 Å². The maximum atomic E-state index is 12.1. The van der Waals surface area contributed by atoms with E-state index in [0.717, 1.165) is 11.1 Å². The van der Waals surface area contributed by atoms with Crippen LogP contribution in [-0.4, -0.2) is 16.7 Å². The number of allylic oxidation sites excluding steroid dienone is 2. The lowest BCUT2D eigenvalue weighted by molar-refractivity contribution is -0.122. The quantitative estimate of drug-likeness (QED) is 0.856. The molecular weight excluding hydrogens is 252 g/mol. The van der Waals surface area contributed by atoms with Gasteiger partial charge in [-0.05, 0) is 36.5 Å². The number of ketones is 2. The van der Waals surface area contributed by atoms with Crippen molar-refractivity contribution in [1.29, 1.82) is 0 Å². The highest BCUT2D eigenvalue weighted by Gasteiger charge is 2.32. The second-order valence-corrected chi connectivity index (χ2v) is 5.42. The lowest BCUT2D eigenvalue weighted by Gasteiger charge is -2.25. The van der Waals surface area contributed by atoms with Crippen LogP contribution in [0.25, 0.3) is 0 Å². The summed E-state index contributed by atoms with van der Waals surface area (Å²) in [7, 11) is 0. The summed E-state index contributed by atoms with van der Waals surface area (Å²) in [6, 6.07) is 6.00. The molecule has 0 saturated carbocycles. The van der Waals surface area contributed by atoms with Gasteiger partial charge < -0.3 is 5.11 Å². The van der Waals surface area contributed by atoms with Crippen molar-refractivity contribution in [3.8, 4) is 0 Å². The third-order valence-electron chi connectivity index (χ3n) is 4.13. The van der Waals surface area contributed by atoms with Gasteiger partial charge in [0.25, 0.3) is 0 Å². The summed E-state index contributed by atoms with van der Waals surface area (Å²) in [5.41, 5.74) is 3.44. The number of hydrogen-bond acceptors (Lipinski definition) is 3. The molecular formula is C17H20O3.